The third kappa shape index (κ3) is 4.26. The molecule has 0 spiro atoms. The lowest BCUT2D eigenvalue weighted by atomic mass is 10.2. The molecule has 0 aliphatic carbocycles. The Balaban J connectivity index is 1.91. The van der Waals surface area contributed by atoms with Crippen LogP contribution in [-0.2, 0) is 9.53 Å². The molecule has 0 aromatic heterocycles. The molecule has 0 heterocycles. The van der Waals surface area contributed by atoms with Crippen LogP contribution < -0.4 is 5.32 Å². The van der Waals surface area contributed by atoms with Crippen LogP contribution >= 0.6 is 11.6 Å². The van der Waals surface area contributed by atoms with Gasteiger partial charge in [-0.3, -0.25) is 4.79 Å². The Morgan fingerprint density at radius 1 is 1.09 bits per heavy atom. The van der Waals surface area contributed by atoms with Gasteiger partial charge in [-0.25, -0.2) is 13.6 Å². The number of benzene rings is 2. The minimum Gasteiger partial charge on any atom is -0.452 e. The molecule has 7 heteroatoms. The molecule has 1 N–H and O–H groups in total. The quantitative estimate of drug-likeness (QED) is 0.876. The first-order valence-corrected chi connectivity index (χ1v) is 6.51. The van der Waals surface area contributed by atoms with Gasteiger partial charge in [-0.15, -0.1) is 0 Å². The number of hydrogen-bond acceptors (Lipinski definition) is 3. The maximum atomic E-state index is 13.3. The van der Waals surface area contributed by atoms with Crippen molar-refractivity contribution in [1.82, 2.24) is 0 Å². The van der Waals surface area contributed by atoms with Gasteiger partial charge in [0, 0.05) is 10.7 Å². The molecule has 0 atom stereocenters. The van der Waals surface area contributed by atoms with Crippen molar-refractivity contribution in [3.63, 3.8) is 0 Å². The molecule has 0 bridgehead atoms. The molecular formula is C15H10ClF2NO3. The van der Waals surface area contributed by atoms with Crippen LogP contribution in [0, 0.1) is 11.6 Å². The van der Waals surface area contributed by atoms with E-state index in [1.54, 1.807) is 24.3 Å². The van der Waals surface area contributed by atoms with Crippen LogP contribution in [0.4, 0.5) is 14.5 Å². The first-order chi connectivity index (χ1) is 10.5. The van der Waals surface area contributed by atoms with Crippen LogP contribution in [0.25, 0.3) is 0 Å². The average molecular weight is 326 g/mol. The summed E-state index contributed by atoms with van der Waals surface area (Å²) in [6.07, 6.45) is 0. The molecule has 4 nitrogen and oxygen atoms in total. The molecule has 0 fully saturated rings. The lowest BCUT2D eigenvalue weighted by Gasteiger charge is -2.07. The minimum atomic E-state index is -1.12. The lowest BCUT2D eigenvalue weighted by Crippen LogP contribution is -2.21. The normalized spacial score (nSPS) is 10.1. The van der Waals surface area contributed by atoms with Gasteiger partial charge in [-0.2, -0.15) is 0 Å². The second-order valence-corrected chi connectivity index (χ2v) is 4.69. The molecular weight excluding hydrogens is 316 g/mol. The van der Waals surface area contributed by atoms with Crippen LogP contribution in [0.3, 0.4) is 0 Å². The van der Waals surface area contributed by atoms with Crippen molar-refractivity contribution in [2.75, 3.05) is 11.9 Å². The van der Waals surface area contributed by atoms with E-state index in [9.17, 15) is 18.4 Å². The molecule has 2 aromatic carbocycles. The third-order valence-corrected chi connectivity index (χ3v) is 2.86. The zero-order valence-electron chi connectivity index (χ0n) is 11.1. The zero-order valence-corrected chi connectivity index (χ0v) is 11.9. The molecule has 1 amide bonds. The molecule has 114 valence electrons. The Bertz CT molecular complexity index is 704. The number of carbonyl (C=O) groups excluding carboxylic acids is 2. The van der Waals surface area contributed by atoms with Gasteiger partial charge in [0.1, 0.15) is 11.6 Å². The highest BCUT2D eigenvalue weighted by molar-refractivity contribution is 6.30. The largest absolute Gasteiger partial charge is 0.452 e. The highest BCUT2D eigenvalue weighted by atomic mass is 35.5. The van der Waals surface area contributed by atoms with Crippen molar-refractivity contribution in [1.29, 1.82) is 0 Å². The van der Waals surface area contributed by atoms with Gasteiger partial charge in [0.15, 0.2) is 6.61 Å². The summed E-state index contributed by atoms with van der Waals surface area (Å²) in [7, 11) is 0. The topological polar surface area (TPSA) is 55.4 Å². The van der Waals surface area contributed by atoms with Crippen molar-refractivity contribution in [3.8, 4) is 0 Å². The van der Waals surface area contributed by atoms with Crippen molar-refractivity contribution in [2.24, 2.45) is 0 Å². The number of anilines is 1. The number of nitrogens with one attached hydrogen (secondary N) is 1. The number of rotatable bonds is 4. The second kappa shape index (κ2) is 7.00. The van der Waals surface area contributed by atoms with Gasteiger partial charge < -0.3 is 10.1 Å². The van der Waals surface area contributed by atoms with Crippen LogP contribution in [0.5, 0.6) is 0 Å². The van der Waals surface area contributed by atoms with Gasteiger partial charge in [0.25, 0.3) is 5.91 Å². The van der Waals surface area contributed by atoms with Gasteiger partial charge in [-0.1, -0.05) is 11.6 Å². The van der Waals surface area contributed by atoms with E-state index < -0.39 is 35.7 Å². The zero-order chi connectivity index (χ0) is 16.1. The van der Waals surface area contributed by atoms with E-state index in [2.05, 4.69) is 10.1 Å². The number of amides is 1. The molecule has 22 heavy (non-hydrogen) atoms. The Labute approximate surface area is 129 Å². The molecule has 0 saturated heterocycles. The Morgan fingerprint density at radius 2 is 1.77 bits per heavy atom. The van der Waals surface area contributed by atoms with Gasteiger partial charge >= 0.3 is 5.97 Å². The maximum absolute atomic E-state index is 13.3. The Morgan fingerprint density at radius 3 is 2.45 bits per heavy atom. The predicted molar refractivity (Wildman–Crippen MR) is 76.7 cm³/mol. The third-order valence-electron chi connectivity index (χ3n) is 2.61. The highest BCUT2D eigenvalue weighted by Gasteiger charge is 2.15. The van der Waals surface area contributed by atoms with Crippen molar-refractivity contribution in [2.45, 2.75) is 0 Å². The van der Waals surface area contributed by atoms with E-state index in [4.69, 9.17) is 11.6 Å². The summed E-state index contributed by atoms with van der Waals surface area (Å²) in [5.41, 5.74) is -0.110. The average Bonchev–Trinajstić information content (AvgIpc) is 2.49. The van der Waals surface area contributed by atoms with E-state index in [-0.39, 0.29) is 0 Å². The number of ether oxygens (including phenoxy) is 1. The van der Waals surface area contributed by atoms with Crippen molar-refractivity contribution < 1.29 is 23.1 Å². The fraction of sp³-hybridized carbons (Fsp3) is 0.0667. The monoisotopic (exact) mass is 325 g/mol. The standard InChI is InChI=1S/C15H10ClF2NO3/c16-9-1-4-11(5-2-9)19-14(20)8-22-15(21)12-7-10(17)3-6-13(12)18/h1-7H,8H2,(H,19,20). The van der Waals surface area contributed by atoms with Crippen LogP contribution in [0.2, 0.25) is 5.02 Å². The van der Waals surface area contributed by atoms with Gasteiger partial charge in [0.05, 0.1) is 5.56 Å². The second-order valence-electron chi connectivity index (χ2n) is 4.26. The molecule has 0 radical (unpaired) electrons. The summed E-state index contributed by atoms with van der Waals surface area (Å²) in [6.45, 7) is -0.628. The molecule has 0 aliphatic rings. The van der Waals surface area contributed by atoms with Crippen molar-refractivity contribution >= 4 is 29.2 Å². The lowest BCUT2D eigenvalue weighted by molar-refractivity contribution is -0.119. The summed E-state index contributed by atoms with van der Waals surface area (Å²) in [4.78, 5) is 23.2. The fourth-order valence-electron chi connectivity index (χ4n) is 1.59. The number of carbonyl (C=O) groups is 2. The predicted octanol–water partition coefficient (Wildman–Crippen LogP) is 3.41. The van der Waals surface area contributed by atoms with Crippen molar-refractivity contribution in [3.05, 3.63) is 64.7 Å². The van der Waals surface area contributed by atoms with Crippen LogP contribution in [-0.4, -0.2) is 18.5 Å². The number of esters is 1. The molecule has 2 aromatic rings. The smallest absolute Gasteiger partial charge is 0.341 e. The maximum Gasteiger partial charge on any atom is 0.341 e. The van der Waals surface area contributed by atoms with E-state index in [1.807, 2.05) is 0 Å². The number of hydrogen-bond donors (Lipinski definition) is 1. The minimum absolute atomic E-state index is 0.461. The summed E-state index contributed by atoms with van der Waals surface area (Å²) >= 11 is 5.70. The highest BCUT2D eigenvalue weighted by Crippen LogP contribution is 2.14. The summed E-state index contributed by atoms with van der Waals surface area (Å²) in [5.74, 6) is -3.45. The van der Waals surface area contributed by atoms with E-state index >= 15 is 0 Å². The molecule has 2 rings (SSSR count). The fourth-order valence-corrected chi connectivity index (χ4v) is 1.72. The Kier molecular flexibility index (Phi) is 5.06. The summed E-state index contributed by atoms with van der Waals surface area (Å²) < 4.78 is 30.9. The van der Waals surface area contributed by atoms with E-state index in [0.717, 1.165) is 12.1 Å². The van der Waals surface area contributed by atoms with Gasteiger partial charge in [0.2, 0.25) is 0 Å². The molecule has 0 unspecified atom stereocenters. The first kappa shape index (κ1) is 15.9. The SMILES string of the molecule is O=C(COC(=O)c1cc(F)ccc1F)Nc1ccc(Cl)cc1. The van der Waals surface area contributed by atoms with Crippen LogP contribution in [0.1, 0.15) is 10.4 Å². The Hall–Kier alpha value is -2.47. The molecule has 0 aliphatic heterocycles. The first-order valence-electron chi connectivity index (χ1n) is 6.13. The van der Waals surface area contributed by atoms with E-state index in [1.165, 1.54) is 0 Å². The summed E-state index contributed by atoms with van der Waals surface area (Å²) in [6, 6.07) is 8.66. The summed E-state index contributed by atoms with van der Waals surface area (Å²) in [5, 5.41) is 2.96. The van der Waals surface area contributed by atoms with Crippen LogP contribution in [0.15, 0.2) is 42.5 Å². The van der Waals surface area contributed by atoms with E-state index in [0.29, 0.717) is 16.8 Å². The molecule has 0 saturated carbocycles. The van der Waals surface area contributed by atoms with Gasteiger partial charge in [-0.05, 0) is 42.5 Å². The number of halogens is 3.